The van der Waals surface area contributed by atoms with Gasteiger partial charge in [0.25, 0.3) is 0 Å². The van der Waals surface area contributed by atoms with Gasteiger partial charge in [-0.3, -0.25) is 0 Å². The second-order valence-corrected chi connectivity index (χ2v) is 5.88. The molecule has 0 spiro atoms. The number of benzene rings is 1. The van der Waals surface area contributed by atoms with Gasteiger partial charge in [0.2, 0.25) is 0 Å². The van der Waals surface area contributed by atoms with E-state index < -0.39 is 0 Å². The standard InChI is InChI=1S/C16H26N2/c1-12(2)16(14-7-5-4-6-8-14)18-15-9-10-17-11-13(15)3/h4-8,12-13,15-18H,9-11H2,1-3H3. The third kappa shape index (κ3) is 3.33. The summed E-state index contributed by atoms with van der Waals surface area (Å²) in [7, 11) is 0. The van der Waals surface area contributed by atoms with E-state index in [2.05, 4.69) is 61.7 Å². The predicted octanol–water partition coefficient (Wildman–Crippen LogP) is 2.97. The molecular weight excluding hydrogens is 220 g/mol. The van der Waals surface area contributed by atoms with Crippen molar-refractivity contribution in [1.82, 2.24) is 10.6 Å². The Hall–Kier alpha value is -0.860. The normalized spacial score (nSPS) is 26.2. The van der Waals surface area contributed by atoms with Crippen molar-refractivity contribution in [2.24, 2.45) is 11.8 Å². The number of nitrogens with one attached hydrogen (secondary N) is 2. The predicted molar refractivity (Wildman–Crippen MR) is 77.6 cm³/mol. The Bertz CT molecular complexity index is 347. The van der Waals surface area contributed by atoms with Crippen LogP contribution in [0.4, 0.5) is 0 Å². The van der Waals surface area contributed by atoms with Crippen molar-refractivity contribution in [3.05, 3.63) is 35.9 Å². The van der Waals surface area contributed by atoms with Gasteiger partial charge in [0.1, 0.15) is 0 Å². The summed E-state index contributed by atoms with van der Waals surface area (Å²) in [5.74, 6) is 1.33. The molecule has 0 aromatic heterocycles. The molecule has 1 heterocycles. The van der Waals surface area contributed by atoms with Crippen LogP contribution in [0.25, 0.3) is 0 Å². The first-order chi connectivity index (χ1) is 8.68. The van der Waals surface area contributed by atoms with Crippen LogP contribution in [-0.4, -0.2) is 19.1 Å². The van der Waals surface area contributed by atoms with Crippen LogP contribution in [0.2, 0.25) is 0 Å². The number of hydrogen-bond acceptors (Lipinski definition) is 2. The summed E-state index contributed by atoms with van der Waals surface area (Å²) < 4.78 is 0. The van der Waals surface area contributed by atoms with Crippen molar-refractivity contribution in [3.63, 3.8) is 0 Å². The van der Waals surface area contributed by atoms with Crippen molar-refractivity contribution in [2.75, 3.05) is 13.1 Å². The number of rotatable bonds is 4. The molecule has 2 N–H and O–H groups in total. The summed E-state index contributed by atoms with van der Waals surface area (Å²) in [5.41, 5.74) is 1.42. The van der Waals surface area contributed by atoms with Gasteiger partial charge in [0.05, 0.1) is 0 Å². The van der Waals surface area contributed by atoms with E-state index in [4.69, 9.17) is 0 Å². The molecule has 2 nitrogen and oxygen atoms in total. The molecule has 18 heavy (non-hydrogen) atoms. The minimum Gasteiger partial charge on any atom is -0.316 e. The van der Waals surface area contributed by atoms with Crippen LogP contribution in [-0.2, 0) is 0 Å². The fraction of sp³-hybridized carbons (Fsp3) is 0.625. The van der Waals surface area contributed by atoms with E-state index in [0.717, 1.165) is 13.1 Å². The van der Waals surface area contributed by atoms with Gasteiger partial charge < -0.3 is 10.6 Å². The molecule has 100 valence electrons. The van der Waals surface area contributed by atoms with Crippen molar-refractivity contribution in [2.45, 2.75) is 39.3 Å². The van der Waals surface area contributed by atoms with Crippen LogP contribution in [0.3, 0.4) is 0 Å². The van der Waals surface area contributed by atoms with Crippen LogP contribution in [0.15, 0.2) is 30.3 Å². The van der Waals surface area contributed by atoms with Crippen molar-refractivity contribution < 1.29 is 0 Å². The zero-order chi connectivity index (χ0) is 13.0. The smallest absolute Gasteiger partial charge is 0.0345 e. The second kappa shape index (κ2) is 6.35. The molecule has 0 aliphatic carbocycles. The number of hydrogen-bond donors (Lipinski definition) is 2. The third-order valence-corrected chi connectivity index (χ3v) is 4.00. The fourth-order valence-electron chi connectivity index (χ4n) is 2.83. The highest BCUT2D eigenvalue weighted by atomic mass is 15.0. The molecule has 1 aromatic rings. The molecule has 3 atom stereocenters. The Morgan fingerprint density at radius 3 is 2.56 bits per heavy atom. The summed E-state index contributed by atoms with van der Waals surface area (Å²) >= 11 is 0. The number of piperidine rings is 1. The van der Waals surface area contributed by atoms with Gasteiger partial charge >= 0.3 is 0 Å². The van der Waals surface area contributed by atoms with Crippen molar-refractivity contribution in [3.8, 4) is 0 Å². The molecule has 1 aliphatic heterocycles. The molecule has 0 saturated carbocycles. The highest BCUT2D eigenvalue weighted by Gasteiger charge is 2.25. The monoisotopic (exact) mass is 246 g/mol. The molecule has 2 heteroatoms. The van der Waals surface area contributed by atoms with Gasteiger partial charge in [0, 0.05) is 12.1 Å². The lowest BCUT2D eigenvalue weighted by Gasteiger charge is -2.35. The second-order valence-electron chi connectivity index (χ2n) is 5.88. The van der Waals surface area contributed by atoms with E-state index in [0.29, 0.717) is 23.9 Å². The van der Waals surface area contributed by atoms with Crippen LogP contribution in [0, 0.1) is 11.8 Å². The van der Waals surface area contributed by atoms with E-state index in [1.54, 1.807) is 0 Å². The van der Waals surface area contributed by atoms with Crippen molar-refractivity contribution in [1.29, 1.82) is 0 Å². The summed E-state index contributed by atoms with van der Waals surface area (Å²) in [6, 6.07) is 12.0. The van der Waals surface area contributed by atoms with E-state index in [1.165, 1.54) is 12.0 Å². The Kier molecular flexibility index (Phi) is 4.79. The lowest BCUT2D eigenvalue weighted by Crippen LogP contribution is -2.48. The first-order valence-electron chi connectivity index (χ1n) is 7.20. The molecule has 0 amide bonds. The summed E-state index contributed by atoms with van der Waals surface area (Å²) in [6.45, 7) is 9.22. The highest BCUT2D eigenvalue weighted by molar-refractivity contribution is 5.19. The minimum absolute atomic E-state index is 0.469. The molecule has 0 radical (unpaired) electrons. The molecular formula is C16H26N2. The maximum atomic E-state index is 3.88. The molecule has 1 aliphatic rings. The average molecular weight is 246 g/mol. The van der Waals surface area contributed by atoms with E-state index in [9.17, 15) is 0 Å². The zero-order valence-corrected chi connectivity index (χ0v) is 11.8. The minimum atomic E-state index is 0.469. The Morgan fingerprint density at radius 1 is 1.22 bits per heavy atom. The lowest BCUT2D eigenvalue weighted by molar-refractivity contribution is 0.250. The van der Waals surface area contributed by atoms with Crippen LogP contribution in [0.5, 0.6) is 0 Å². The summed E-state index contributed by atoms with van der Waals surface area (Å²) in [4.78, 5) is 0. The van der Waals surface area contributed by atoms with Crippen molar-refractivity contribution >= 4 is 0 Å². The lowest BCUT2D eigenvalue weighted by atomic mass is 9.90. The highest BCUT2D eigenvalue weighted by Crippen LogP contribution is 2.24. The van der Waals surface area contributed by atoms with Crippen LogP contribution in [0.1, 0.15) is 38.8 Å². The summed E-state index contributed by atoms with van der Waals surface area (Å²) in [6.07, 6.45) is 1.23. The average Bonchev–Trinajstić information content (AvgIpc) is 2.38. The topological polar surface area (TPSA) is 24.1 Å². The molecule has 2 rings (SSSR count). The van der Waals surface area contributed by atoms with Gasteiger partial charge in [-0.1, -0.05) is 51.1 Å². The first-order valence-corrected chi connectivity index (χ1v) is 7.20. The van der Waals surface area contributed by atoms with Gasteiger partial charge in [-0.2, -0.15) is 0 Å². The summed E-state index contributed by atoms with van der Waals surface area (Å²) in [5, 5.41) is 7.35. The van der Waals surface area contributed by atoms with Gasteiger partial charge in [-0.15, -0.1) is 0 Å². The van der Waals surface area contributed by atoms with Gasteiger partial charge in [0.15, 0.2) is 0 Å². The first kappa shape index (κ1) is 13.6. The zero-order valence-electron chi connectivity index (χ0n) is 11.8. The SMILES string of the molecule is CC(C)C(NC1CCNCC1C)c1ccccc1. The van der Waals surface area contributed by atoms with Gasteiger partial charge in [-0.25, -0.2) is 0 Å². The molecule has 1 saturated heterocycles. The maximum Gasteiger partial charge on any atom is 0.0345 e. The van der Waals surface area contributed by atoms with E-state index >= 15 is 0 Å². The molecule has 1 aromatic carbocycles. The van der Waals surface area contributed by atoms with Crippen LogP contribution < -0.4 is 10.6 Å². The Balaban J connectivity index is 2.07. The van der Waals surface area contributed by atoms with E-state index in [1.807, 2.05) is 0 Å². The fourth-order valence-corrected chi connectivity index (χ4v) is 2.83. The van der Waals surface area contributed by atoms with Gasteiger partial charge in [-0.05, 0) is 36.9 Å². The molecule has 3 unspecified atom stereocenters. The third-order valence-electron chi connectivity index (χ3n) is 4.00. The van der Waals surface area contributed by atoms with Crippen LogP contribution >= 0.6 is 0 Å². The maximum absolute atomic E-state index is 3.88. The molecule has 0 bridgehead atoms. The Labute approximate surface area is 111 Å². The Morgan fingerprint density at radius 2 is 1.94 bits per heavy atom. The van der Waals surface area contributed by atoms with E-state index in [-0.39, 0.29) is 0 Å². The largest absolute Gasteiger partial charge is 0.316 e. The quantitative estimate of drug-likeness (QED) is 0.853. The molecule has 1 fully saturated rings.